The van der Waals surface area contributed by atoms with Crippen LogP contribution in [-0.2, 0) is 19.6 Å². The van der Waals surface area contributed by atoms with E-state index in [1.807, 2.05) is 19.9 Å². The third-order valence-electron chi connectivity index (χ3n) is 5.17. The summed E-state index contributed by atoms with van der Waals surface area (Å²) in [5, 5.41) is 5.15. The molecule has 1 saturated heterocycles. The fraction of sp³-hybridized carbons (Fsp3) is 0.364. The molecule has 2 aromatic rings. The van der Waals surface area contributed by atoms with Crippen molar-refractivity contribution in [1.82, 2.24) is 9.62 Å². The van der Waals surface area contributed by atoms with E-state index in [0.717, 1.165) is 11.1 Å². The van der Waals surface area contributed by atoms with Gasteiger partial charge in [0.15, 0.2) is 0 Å². The van der Waals surface area contributed by atoms with E-state index < -0.39 is 27.9 Å². The van der Waals surface area contributed by atoms with Crippen LogP contribution >= 0.6 is 0 Å². The predicted molar refractivity (Wildman–Crippen MR) is 117 cm³/mol. The fourth-order valence-electron chi connectivity index (χ4n) is 3.74. The molecule has 31 heavy (non-hydrogen) atoms. The molecule has 1 fully saturated rings. The fourth-order valence-corrected chi connectivity index (χ4v) is 5.43. The molecule has 1 aliphatic heterocycles. The standard InChI is InChI=1S/C22H27N3O5S/c1-15-11-16(2)13-17(12-15)24-22(27)21(26)23-14-18-5-4-10-25(18)31(28,29)20-8-6-19(30-3)7-9-20/h6-9,11-13,18H,4-5,10,14H2,1-3H3,(H,23,26)(H,24,27)/t18-/m1/s1. The lowest BCUT2D eigenvalue weighted by Gasteiger charge is -2.24. The van der Waals surface area contributed by atoms with Gasteiger partial charge in [-0.1, -0.05) is 6.07 Å². The molecule has 0 unspecified atom stereocenters. The van der Waals surface area contributed by atoms with E-state index >= 15 is 0 Å². The van der Waals surface area contributed by atoms with Gasteiger partial charge in [0.05, 0.1) is 12.0 Å². The van der Waals surface area contributed by atoms with Gasteiger partial charge in [-0.05, 0) is 74.2 Å². The minimum atomic E-state index is -3.71. The number of hydrogen-bond donors (Lipinski definition) is 2. The minimum absolute atomic E-state index is 0.0640. The van der Waals surface area contributed by atoms with Gasteiger partial charge in [0, 0.05) is 24.8 Å². The van der Waals surface area contributed by atoms with E-state index in [-0.39, 0.29) is 11.4 Å². The van der Waals surface area contributed by atoms with E-state index in [9.17, 15) is 18.0 Å². The number of nitrogens with one attached hydrogen (secondary N) is 2. The number of amides is 2. The summed E-state index contributed by atoms with van der Waals surface area (Å²) >= 11 is 0. The Bertz CT molecular complexity index is 1050. The van der Waals surface area contributed by atoms with Crippen LogP contribution in [0.25, 0.3) is 0 Å². The van der Waals surface area contributed by atoms with Crippen LogP contribution in [0, 0.1) is 13.8 Å². The zero-order chi connectivity index (χ0) is 22.6. The lowest BCUT2D eigenvalue weighted by Crippen LogP contribution is -2.45. The van der Waals surface area contributed by atoms with E-state index in [4.69, 9.17) is 4.74 Å². The maximum absolute atomic E-state index is 13.0. The van der Waals surface area contributed by atoms with Crippen LogP contribution in [0.3, 0.4) is 0 Å². The number of hydrogen-bond acceptors (Lipinski definition) is 5. The molecule has 166 valence electrons. The van der Waals surface area contributed by atoms with Crippen molar-refractivity contribution in [3.05, 3.63) is 53.6 Å². The van der Waals surface area contributed by atoms with E-state index in [2.05, 4.69) is 10.6 Å². The number of methoxy groups -OCH3 is 1. The Labute approximate surface area is 182 Å². The lowest BCUT2D eigenvalue weighted by atomic mass is 10.1. The molecule has 2 amide bonds. The molecule has 0 bridgehead atoms. The predicted octanol–water partition coefficient (Wildman–Crippen LogP) is 2.22. The first-order valence-electron chi connectivity index (χ1n) is 10.0. The molecule has 0 radical (unpaired) electrons. The third-order valence-corrected chi connectivity index (χ3v) is 7.14. The zero-order valence-electron chi connectivity index (χ0n) is 17.8. The van der Waals surface area contributed by atoms with Gasteiger partial charge in [0.1, 0.15) is 5.75 Å². The topological polar surface area (TPSA) is 105 Å². The van der Waals surface area contributed by atoms with Crippen LogP contribution in [-0.4, -0.2) is 50.8 Å². The molecule has 0 aromatic heterocycles. The summed E-state index contributed by atoms with van der Waals surface area (Å²) in [6.45, 7) is 4.24. The number of carbonyl (C=O) groups is 2. The Balaban J connectivity index is 1.62. The number of anilines is 1. The SMILES string of the molecule is COc1ccc(S(=O)(=O)N2CCC[C@@H]2CNC(=O)C(=O)Nc2cc(C)cc(C)c2)cc1. The van der Waals surface area contributed by atoms with Crippen molar-refractivity contribution in [1.29, 1.82) is 0 Å². The van der Waals surface area contributed by atoms with E-state index in [0.29, 0.717) is 30.8 Å². The molecule has 9 heteroatoms. The molecule has 2 aromatic carbocycles. The van der Waals surface area contributed by atoms with Crippen molar-refractivity contribution in [2.45, 2.75) is 37.6 Å². The first kappa shape index (κ1) is 22.8. The van der Waals surface area contributed by atoms with Crippen LogP contribution in [0.1, 0.15) is 24.0 Å². The molecule has 1 aliphatic rings. The maximum atomic E-state index is 13.0. The summed E-state index contributed by atoms with van der Waals surface area (Å²) < 4.78 is 32.5. The highest BCUT2D eigenvalue weighted by Gasteiger charge is 2.35. The highest BCUT2D eigenvalue weighted by atomic mass is 32.2. The summed E-state index contributed by atoms with van der Waals surface area (Å²) in [5.74, 6) is -1.01. The monoisotopic (exact) mass is 445 g/mol. The number of rotatable bonds is 6. The van der Waals surface area contributed by atoms with Gasteiger partial charge in [-0.2, -0.15) is 4.31 Å². The van der Waals surface area contributed by atoms with Gasteiger partial charge >= 0.3 is 11.8 Å². The quantitative estimate of drug-likeness (QED) is 0.664. The number of carbonyl (C=O) groups excluding carboxylic acids is 2. The number of ether oxygens (including phenoxy) is 1. The summed E-state index contributed by atoms with van der Waals surface area (Å²) in [6.07, 6.45) is 1.29. The Hall–Kier alpha value is -2.91. The normalized spacial score (nSPS) is 16.7. The van der Waals surface area contributed by atoms with Crippen molar-refractivity contribution in [3.8, 4) is 5.75 Å². The van der Waals surface area contributed by atoms with Crippen LogP contribution in [0.4, 0.5) is 5.69 Å². The number of benzene rings is 2. The Morgan fingerprint density at radius 2 is 1.71 bits per heavy atom. The van der Waals surface area contributed by atoms with Crippen LogP contribution < -0.4 is 15.4 Å². The minimum Gasteiger partial charge on any atom is -0.497 e. The Morgan fingerprint density at radius 3 is 2.32 bits per heavy atom. The van der Waals surface area contributed by atoms with Crippen LogP contribution in [0.15, 0.2) is 47.4 Å². The van der Waals surface area contributed by atoms with Gasteiger partial charge in [0.25, 0.3) is 0 Å². The van der Waals surface area contributed by atoms with Gasteiger partial charge in [-0.3, -0.25) is 9.59 Å². The Morgan fingerprint density at radius 1 is 1.06 bits per heavy atom. The highest BCUT2D eigenvalue weighted by Crippen LogP contribution is 2.27. The molecule has 0 aliphatic carbocycles. The smallest absolute Gasteiger partial charge is 0.313 e. The number of nitrogens with zero attached hydrogens (tertiary/aromatic N) is 1. The van der Waals surface area contributed by atoms with Crippen molar-refractivity contribution >= 4 is 27.5 Å². The van der Waals surface area contributed by atoms with Crippen molar-refractivity contribution in [3.63, 3.8) is 0 Å². The van der Waals surface area contributed by atoms with Crippen molar-refractivity contribution < 1.29 is 22.7 Å². The molecule has 8 nitrogen and oxygen atoms in total. The Kier molecular flexibility index (Phi) is 6.97. The molecule has 3 rings (SSSR count). The third kappa shape index (κ3) is 5.42. The van der Waals surface area contributed by atoms with Crippen LogP contribution in [0.5, 0.6) is 5.75 Å². The summed E-state index contributed by atoms with van der Waals surface area (Å²) in [4.78, 5) is 24.7. The van der Waals surface area contributed by atoms with Gasteiger partial charge in [-0.25, -0.2) is 8.42 Å². The molecular weight excluding hydrogens is 418 g/mol. The average Bonchev–Trinajstić information content (AvgIpc) is 3.20. The number of sulfonamides is 1. The maximum Gasteiger partial charge on any atom is 0.313 e. The van der Waals surface area contributed by atoms with E-state index in [1.54, 1.807) is 24.3 Å². The summed E-state index contributed by atoms with van der Waals surface area (Å²) in [7, 11) is -2.20. The molecule has 1 atom stereocenters. The molecular formula is C22H27N3O5S. The van der Waals surface area contributed by atoms with Crippen LogP contribution in [0.2, 0.25) is 0 Å². The second-order valence-electron chi connectivity index (χ2n) is 7.63. The zero-order valence-corrected chi connectivity index (χ0v) is 18.7. The first-order valence-corrected chi connectivity index (χ1v) is 11.5. The largest absolute Gasteiger partial charge is 0.497 e. The lowest BCUT2D eigenvalue weighted by molar-refractivity contribution is -0.136. The summed E-state index contributed by atoms with van der Waals surface area (Å²) in [5.41, 5.74) is 2.49. The molecule has 1 heterocycles. The van der Waals surface area contributed by atoms with Crippen molar-refractivity contribution in [2.24, 2.45) is 0 Å². The number of aryl methyl sites for hydroxylation is 2. The van der Waals surface area contributed by atoms with Gasteiger partial charge in [0.2, 0.25) is 10.0 Å². The molecule has 0 saturated carbocycles. The average molecular weight is 446 g/mol. The van der Waals surface area contributed by atoms with E-state index in [1.165, 1.54) is 23.5 Å². The summed E-state index contributed by atoms with van der Waals surface area (Å²) in [6, 6.07) is 11.3. The second-order valence-corrected chi connectivity index (χ2v) is 9.52. The molecule has 2 N–H and O–H groups in total. The molecule has 0 spiro atoms. The van der Waals surface area contributed by atoms with Gasteiger partial charge < -0.3 is 15.4 Å². The first-order chi connectivity index (χ1) is 14.7. The second kappa shape index (κ2) is 9.49. The van der Waals surface area contributed by atoms with Crippen molar-refractivity contribution in [2.75, 3.05) is 25.5 Å². The highest BCUT2D eigenvalue weighted by molar-refractivity contribution is 7.89. The van der Waals surface area contributed by atoms with Gasteiger partial charge in [-0.15, -0.1) is 0 Å².